The lowest BCUT2D eigenvalue weighted by Gasteiger charge is -2.29. The van der Waals surface area contributed by atoms with Crippen molar-refractivity contribution in [1.29, 1.82) is 0 Å². The molecule has 0 fully saturated rings. The summed E-state index contributed by atoms with van der Waals surface area (Å²) in [5.41, 5.74) is 0. The lowest BCUT2D eigenvalue weighted by Crippen LogP contribution is -2.45. The molecule has 0 aliphatic heterocycles. The molecule has 0 aromatic rings. The topological polar surface area (TPSA) is 108 Å². The zero-order valence-electron chi connectivity index (χ0n) is 43.3. The van der Waals surface area contributed by atoms with E-state index < -0.39 is 20.0 Å². The summed E-state index contributed by atoms with van der Waals surface area (Å²) in [5, 5.41) is 13.9. The Morgan fingerprint density at radius 1 is 0.531 bits per heavy atom. The fourth-order valence-corrected chi connectivity index (χ4v) is 8.99. The van der Waals surface area contributed by atoms with E-state index in [9.17, 15) is 19.4 Å². The fourth-order valence-electron chi connectivity index (χ4n) is 8.27. The monoisotopic (exact) mass is 925 g/mol. The Balaban J connectivity index is 4.18. The van der Waals surface area contributed by atoms with Crippen molar-refractivity contribution in [2.45, 2.75) is 283 Å². The zero-order valence-corrected chi connectivity index (χ0v) is 44.1. The number of nitrogens with zero attached hydrogens (tertiary/aromatic N) is 1. The summed E-state index contributed by atoms with van der Waals surface area (Å²) >= 11 is 0. The minimum absolute atomic E-state index is 0.00114. The molecule has 1 amide bonds. The van der Waals surface area contributed by atoms with Crippen LogP contribution >= 0.6 is 7.82 Å². The second kappa shape index (κ2) is 47.1. The molecule has 0 aliphatic rings. The van der Waals surface area contributed by atoms with Crippen LogP contribution < -0.4 is 10.2 Å². The third-order valence-electron chi connectivity index (χ3n) is 12.7. The van der Waals surface area contributed by atoms with Crippen LogP contribution in [0.3, 0.4) is 0 Å². The molecule has 64 heavy (non-hydrogen) atoms. The van der Waals surface area contributed by atoms with Gasteiger partial charge in [-0.05, 0) is 44.9 Å². The Morgan fingerprint density at radius 3 is 1.22 bits per heavy atom. The molecular formula is C55H109N2O6P. The van der Waals surface area contributed by atoms with Crippen molar-refractivity contribution in [3.8, 4) is 0 Å². The van der Waals surface area contributed by atoms with Gasteiger partial charge >= 0.3 is 0 Å². The molecule has 0 aromatic heterocycles. The van der Waals surface area contributed by atoms with Crippen molar-refractivity contribution in [2.75, 3.05) is 40.9 Å². The molecular weight excluding hydrogens is 816 g/mol. The van der Waals surface area contributed by atoms with Crippen LogP contribution in [0.5, 0.6) is 0 Å². The third-order valence-corrected chi connectivity index (χ3v) is 13.6. The third kappa shape index (κ3) is 48.9. The zero-order chi connectivity index (χ0) is 47.1. The first-order valence-corrected chi connectivity index (χ1v) is 29.2. The number of hydrogen-bond donors (Lipinski definition) is 2. The standard InChI is InChI=1S/C55H109N2O6P/c1-6-8-10-12-14-16-18-20-22-23-24-25-26-27-28-29-30-31-32-33-35-36-38-40-42-44-46-48-54(58)53(52-63-64(60,61)62-51-50-57(3,4)5)56-55(59)49-47-45-43-41-39-37-34-21-19-17-15-13-11-9-7-2/h21,34,46,48,53-54,58H,6-20,22-33,35-45,47,49-52H2,1-5H3,(H-,56,59,60,61)/b34-21-,48-46+. The number of carbonyl (C=O) groups excluding carboxylic acids is 1. The molecule has 8 nitrogen and oxygen atoms in total. The van der Waals surface area contributed by atoms with Gasteiger partial charge in [-0.15, -0.1) is 0 Å². The first kappa shape index (κ1) is 63.0. The van der Waals surface area contributed by atoms with Crippen LogP contribution in [0.25, 0.3) is 0 Å². The maximum atomic E-state index is 12.9. The number of aliphatic hydroxyl groups is 1. The average Bonchev–Trinajstić information content (AvgIpc) is 3.25. The highest BCUT2D eigenvalue weighted by atomic mass is 31.2. The normalized spacial score (nSPS) is 14.2. The summed E-state index contributed by atoms with van der Waals surface area (Å²) in [7, 11) is 1.26. The Hall–Kier alpha value is -1.02. The molecule has 0 bridgehead atoms. The highest BCUT2D eigenvalue weighted by Crippen LogP contribution is 2.38. The van der Waals surface area contributed by atoms with Crippen molar-refractivity contribution in [3.05, 3.63) is 24.3 Å². The second-order valence-corrected chi connectivity index (χ2v) is 21.7. The minimum Gasteiger partial charge on any atom is -0.756 e. The molecule has 0 aromatic carbocycles. The van der Waals surface area contributed by atoms with Gasteiger partial charge < -0.3 is 28.8 Å². The van der Waals surface area contributed by atoms with Crippen molar-refractivity contribution >= 4 is 13.7 Å². The molecule has 0 radical (unpaired) electrons. The SMILES string of the molecule is CCCCCCCC/C=C\CCCCCCCC(=O)NC(COP(=O)([O-])OCC[N+](C)(C)C)C(O)/C=C/CCCCCCCCCCCCCCCCCCCCCCCCCCC. The van der Waals surface area contributed by atoms with Crippen LogP contribution in [-0.4, -0.2) is 68.5 Å². The number of aliphatic hydroxyl groups excluding tert-OH is 1. The summed E-state index contributed by atoms with van der Waals surface area (Å²) < 4.78 is 23.3. The van der Waals surface area contributed by atoms with E-state index in [1.54, 1.807) is 6.08 Å². The van der Waals surface area contributed by atoms with E-state index in [2.05, 4.69) is 31.3 Å². The van der Waals surface area contributed by atoms with Crippen molar-refractivity contribution in [2.24, 2.45) is 0 Å². The van der Waals surface area contributed by atoms with Gasteiger partial charge in [0.2, 0.25) is 5.91 Å². The first-order chi connectivity index (χ1) is 31.0. The van der Waals surface area contributed by atoms with E-state index in [0.717, 1.165) is 51.4 Å². The van der Waals surface area contributed by atoms with Gasteiger partial charge in [0.1, 0.15) is 13.2 Å². The van der Waals surface area contributed by atoms with E-state index in [0.29, 0.717) is 17.4 Å². The predicted octanol–water partition coefficient (Wildman–Crippen LogP) is 15.8. The molecule has 0 rings (SSSR count). The second-order valence-electron chi connectivity index (χ2n) is 20.3. The summed E-state index contributed by atoms with van der Waals surface area (Å²) in [6.45, 7) is 4.67. The van der Waals surface area contributed by atoms with E-state index in [-0.39, 0.29) is 19.1 Å². The molecule has 0 saturated carbocycles. The number of phosphoric ester groups is 1. The highest BCUT2D eigenvalue weighted by molar-refractivity contribution is 7.45. The number of rotatable bonds is 51. The molecule has 9 heteroatoms. The quantitative estimate of drug-likeness (QED) is 0.0272. The van der Waals surface area contributed by atoms with Crippen molar-refractivity contribution in [3.63, 3.8) is 0 Å². The predicted molar refractivity (Wildman–Crippen MR) is 275 cm³/mol. The molecule has 0 aliphatic carbocycles. The largest absolute Gasteiger partial charge is 0.756 e. The number of amides is 1. The number of phosphoric acid groups is 1. The highest BCUT2D eigenvalue weighted by Gasteiger charge is 2.23. The van der Waals surface area contributed by atoms with Gasteiger partial charge in [-0.3, -0.25) is 9.36 Å². The number of hydrogen-bond acceptors (Lipinski definition) is 6. The van der Waals surface area contributed by atoms with E-state index in [4.69, 9.17) is 9.05 Å². The number of quaternary nitrogens is 1. The van der Waals surface area contributed by atoms with Crippen LogP contribution in [0, 0.1) is 0 Å². The summed E-state index contributed by atoms with van der Waals surface area (Å²) in [6.07, 6.45) is 58.2. The lowest BCUT2D eigenvalue weighted by molar-refractivity contribution is -0.870. The molecule has 0 spiro atoms. The Labute approximate surface area is 398 Å². The maximum Gasteiger partial charge on any atom is 0.268 e. The van der Waals surface area contributed by atoms with Crippen molar-refractivity contribution in [1.82, 2.24) is 5.32 Å². The maximum absolute atomic E-state index is 12.9. The summed E-state index contributed by atoms with van der Waals surface area (Å²) in [5.74, 6) is -0.203. The molecule has 0 saturated heterocycles. The smallest absolute Gasteiger partial charge is 0.268 e. The van der Waals surface area contributed by atoms with Gasteiger partial charge in [-0.25, -0.2) is 0 Å². The van der Waals surface area contributed by atoms with Gasteiger partial charge in [0.05, 0.1) is 39.9 Å². The van der Waals surface area contributed by atoms with Crippen LogP contribution in [0.15, 0.2) is 24.3 Å². The lowest BCUT2D eigenvalue weighted by atomic mass is 10.0. The summed E-state index contributed by atoms with van der Waals surface area (Å²) in [4.78, 5) is 25.4. The first-order valence-electron chi connectivity index (χ1n) is 27.7. The Morgan fingerprint density at radius 2 is 0.859 bits per heavy atom. The van der Waals surface area contributed by atoms with Gasteiger partial charge in [-0.1, -0.05) is 244 Å². The number of likely N-dealkylation sites (N-methyl/N-ethyl adjacent to an activating group) is 1. The van der Waals surface area contributed by atoms with Gasteiger partial charge in [0, 0.05) is 6.42 Å². The number of nitrogens with one attached hydrogen (secondary N) is 1. The fraction of sp³-hybridized carbons (Fsp3) is 0.909. The van der Waals surface area contributed by atoms with Crippen molar-refractivity contribution < 1.29 is 32.9 Å². The molecule has 0 heterocycles. The van der Waals surface area contributed by atoms with Crippen LogP contribution in [0.4, 0.5) is 0 Å². The Kier molecular flexibility index (Phi) is 46.3. The number of unbranched alkanes of at least 4 members (excludes halogenated alkanes) is 36. The summed E-state index contributed by atoms with van der Waals surface area (Å²) in [6, 6.07) is -0.889. The Bertz CT molecular complexity index is 1090. The molecule has 3 unspecified atom stereocenters. The molecule has 3 atom stereocenters. The van der Waals surface area contributed by atoms with Crippen LogP contribution in [0.1, 0.15) is 271 Å². The van der Waals surface area contributed by atoms with Crippen LogP contribution in [-0.2, 0) is 18.4 Å². The van der Waals surface area contributed by atoms with E-state index in [1.165, 1.54) is 199 Å². The van der Waals surface area contributed by atoms with Gasteiger partial charge in [-0.2, -0.15) is 0 Å². The molecule has 380 valence electrons. The number of carbonyl (C=O) groups is 1. The number of allylic oxidation sites excluding steroid dienone is 3. The van der Waals surface area contributed by atoms with Gasteiger partial charge in [0.25, 0.3) is 7.82 Å². The molecule has 2 N–H and O–H groups in total. The minimum atomic E-state index is -4.59. The van der Waals surface area contributed by atoms with Gasteiger partial charge in [0.15, 0.2) is 0 Å². The van der Waals surface area contributed by atoms with E-state index in [1.807, 2.05) is 27.2 Å². The average molecular weight is 925 g/mol. The van der Waals surface area contributed by atoms with E-state index >= 15 is 0 Å². The van der Waals surface area contributed by atoms with Crippen LogP contribution in [0.2, 0.25) is 0 Å².